The molecule has 0 bridgehead atoms. The third kappa shape index (κ3) is 7.13. The number of rotatable bonds is 7. The molecule has 0 radical (unpaired) electrons. The fraction of sp³-hybridized carbons (Fsp3) is 0.345. The van der Waals surface area contributed by atoms with Crippen LogP contribution in [0, 0.1) is 13.8 Å². The largest absolute Gasteiger partial charge is 0.444 e. The molecular weight excluding hydrogens is 532 g/mol. The summed E-state index contributed by atoms with van der Waals surface area (Å²) in [7, 11) is 0. The summed E-state index contributed by atoms with van der Waals surface area (Å²) in [6, 6.07) is 9.38. The van der Waals surface area contributed by atoms with Gasteiger partial charge in [-0.15, -0.1) is 0 Å². The lowest BCUT2D eigenvalue weighted by molar-refractivity contribution is 0.0635. The number of benzene rings is 1. The molecule has 4 rings (SSSR count). The van der Waals surface area contributed by atoms with Crippen LogP contribution in [0.15, 0.2) is 42.7 Å². The predicted molar refractivity (Wildman–Crippen MR) is 153 cm³/mol. The van der Waals surface area contributed by atoms with E-state index >= 15 is 0 Å². The van der Waals surface area contributed by atoms with E-state index in [9.17, 15) is 14.7 Å². The van der Waals surface area contributed by atoms with E-state index in [0.29, 0.717) is 23.1 Å². The molecule has 1 unspecified atom stereocenters. The summed E-state index contributed by atoms with van der Waals surface area (Å²) >= 11 is 6.09. The highest BCUT2D eigenvalue weighted by atomic mass is 35.5. The molecule has 0 aliphatic carbocycles. The Kier molecular flexibility index (Phi) is 8.41. The lowest BCUT2D eigenvalue weighted by atomic mass is 10.1. The molecule has 1 aromatic carbocycles. The number of anilines is 1. The second-order valence-corrected chi connectivity index (χ2v) is 11.1. The van der Waals surface area contributed by atoms with Gasteiger partial charge in [0.2, 0.25) is 0 Å². The van der Waals surface area contributed by atoms with Crippen LogP contribution < -0.4 is 10.6 Å². The zero-order chi connectivity index (χ0) is 29.2. The molecular formula is C29H33ClN6O4. The molecule has 0 aliphatic rings. The average molecular weight is 565 g/mol. The fourth-order valence-corrected chi connectivity index (χ4v) is 4.47. The second-order valence-electron chi connectivity index (χ2n) is 10.7. The summed E-state index contributed by atoms with van der Waals surface area (Å²) in [6.45, 7) is 11.2. The molecule has 4 aromatic rings. The molecule has 11 heteroatoms. The summed E-state index contributed by atoms with van der Waals surface area (Å²) < 4.78 is 6.92. The molecule has 1 atom stereocenters. The zero-order valence-corrected chi connectivity index (χ0v) is 24.1. The molecule has 0 saturated carbocycles. The minimum absolute atomic E-state index is 0.207. The molecule has 3 N–H and O–H groups in total. The molecule has 0 spiro atoms. The number of aliphatic hydroxyl groups excluding tert-OH is 1. The monoisotopic (exact) mass is 564 g/mol. The van der Waals surface area contributed by atoms with Gasteiger partial charge in [0.1, 0.15) is 17.1 Å². The molecule has 10 nitrogen and oxygen atoms in total. The van der Waals surface area contributed by atoms with Gasteiger partial charge in [0, 0.05) is 30.0 Å². The van der Waals surface area contributed by atoms with E-state index in [2.05, 4.69) is 25.7 Å². The minimum atomic E-state index is -0.940. The zero-order valence-electron chi connectivity index (χ0n) is 23.4. The van der Waals surface area contributed by atoms with Gasteiger partial charge in [0.25, 0.3) is 5.91 Å². The van der Waals surface area contributed by atoms with Crippen LogP contribution in [0.5, 0.6) is 0 Å². The first-order valence-electron chi connectivity index (χ1n) is 12.8. The highest BCUT2D eigenvalue weighted by molar-refractivity contribution is 6.31. The Balaban J connectivity index is 1.48. The van der Waals surface area contributed by atoms with Crippen molar-refractivity contribution in [1.29, 1.82) is 0 Å². The Morgan fingerprint density at radius 3 is 2.60 bits per heavy atom. The van der Waals surface area contributed by atoms with E-state index in [1.807, 2.05) is 31.2 Å². The minimum Gasteiger partial charge on any atom is -0.444 e. The number of hydrogen-bond acceptors (Lipinski definition) is 7. The lowest BCUT2D eigenvalue weighted by Gasteiger charge is -2.20. The highest BCUT2D eigenvalue weighted by Crippen LogP contribution is 2.22. The van der Waals surface area contributed by atoms with Gasteiger partial charge in [-0.25, -0.2) is 9.78 Å². The molecule has 40 heavy (non-hydrogen) atoms. The SMILES string of the molecule is Cc1cc(NC(=O)OC(C)(C)C)nc(C)c1CNC(=O)c1cn(Cc2ccc3ncc(Cl)cc3c2)nc1C(C)O. The van der Waals surface area contributed by atoms with Gasteiger partial charge in [-0.1, -0.05) is 17.7 Å². The first-order chi connectivity index (χ1) is 18.8. The van der Waals surface area contributed by atoms with Crippen molar-refractivity contribution >= 4 is 40.3 Å². The van der Waals surface area contributed by atoms with Crippen LogP contribution in [0.2, 0.25) is 5.02 Å². The number of pyridine rings is 2. The van der Waals surface area contributed by atoms with Crippen molar-refractivity contribution in [2.75, 3.05) is 5.32 Å². The Morgan fingerprint density at radius 2 is 1.93 bits per heavy atom. The third-order valence-electron chi connectivity index (χ3n) is 6.10. The van der Waals surface area contributed by atoms with E-state index in [0.717, 1.165) is 27.6 Å². The first-order valence-corrected chi connectivity index (χ1v) is 13.2. The molecule has 3 heterocycles. The van der Waals surface area contributed by atoms with E-state index < -0.39 is 17.8 Å². The van der Waals surface area contributed by atoms with Gasteiger partial charge in [0.05, 0.1) is 28.8 Å². The molecule has 3 aromatic heterocycles. The van der Waals surface area contributed by atoms with Crippen molar-refractivity contribution in [3.8, 4) is 0 Å². The van der Waals surface area contributed by atoms with Crippen molar-refractivity contribution in [3.63, 3.8) is 0 Å². The van der Waals surface area contributed by atoms with Gasteiger partial charge in [-0.3, -0.25) is 19.8 Å². The number of carbonyl (C=O) groups excluding carboxylic acids is 2. The summed E-state index contributed by atoms with van der Waals surface area (Å²) in [6.07, 6.45) is 1.70. The molecule has 0 aliphatic heterocycles. The normalized spacial score (nSPS) is 12.3. The number of aliphatic hydroxyl groups is 1. The highest BCUT2D eigenvalue weighted by Gasteiger charge is 2.21. The number of ether oxygens (including phenoxy) is 1. The second kappa shape index (κ2) is 11.6. The number of nitrogens with one attached hydrogen (secondary N) is 2. The molecule has 0 saturated heterocycles. The number of amides is 2. The molecule has 0 fully saturated rings. The topological polar surface area (TPSA) is 131 Å². The quantitative estimate of drug-likeness (QED) is 0.271. The maximum Gasteiger partial charge on any atom is 0.413 e. The van der Waals surface area contributed by atoms with Gasteiger partial charge in [-0.05, 0) is 82.5 Å². The summed E-state index contributed by atoms with van der Waals surface area (Å²) in [5.74, 6) is -0.00450. The smallest absolute Gasteiger partial charge is 0.413 e. The number of aryl methyl sites for hydroxylation is 2. The predicted octanol–water partition coefficient (Wildman–Crippen LogP) is 5.48. The number of hydrogen-bond donors (Lipinski definition) is 3. The van der Waals surface area contributed by atoms with Crippen LogP contribution >= 0.6 is 11.6 Å². The van der Waals surface area contributed by atoms with Gasteiger partial charge in [-0.2, -0.15) is 5.10 Å². The van der Waals surface area contributed by atoms with Crippen molar-refractivity contribution in [3.05, 3.63) is 81.4 Å². The van der Waals surface area contributed by atoms with E-state index in [4.69, 9.17) is 16.3 Å². The number of nitrogens with zero attached hydrogens (tertiary/aromatic N) is 4. The average Bonchev–Trinajstić information content (AvgIpc) is 3.26. The van der Waals surface area contributed by atoms with Gasteiger partial charge >= 0.3 is 6.09 Å². The fourth-order valence-electron chi connectivity index (χ4n) is 4.30. The van der Waals surface area contributed by atoms with E-state index in [-0.39, 0.29) is 23.7 Å². The Hall–Kier alpha value is -4.02. The van der Waals surface area contributed by atoms with Gasteiger partial charge in [0.15, 0.2) is 0 Å². The summed E-state index contributed by atoms with van der Waals surface area (Å²) in [5, 5.41) is 21.8. The summed E-state index contributed by atoms with van der Waals surface area (Å²) in [5.41, 5.74) is 4.03. The maximum absolute atomic E-state index is 13.2. The van der Waals surface area contributed by atoms with Crippen LogP contribution in [-0.4, -0.2) is 42.5 Å². The van der Waals surface area contributed by atoms with Crippen LogP contribution in [0.1, 0.15) is 72.2 Å². The number of halogens is 1. The van der Waals surface area contributed by atoms with Crippen molar-refractivity contribution in [2.24, 2.45) is 0 Å². The van der Waals surface area contributed by atoms with E-state index in [1.54, 1.807) is 57.8 Å². The Bertz CT molecular complexity index is 1550. The molecule has 210 valence electrons. The van der Waals surface area contributed by atoms with Crippen molar-refractivity contribution in [2.45, 2.75) is 66.3 Å². The lowest BCUT2D eigenvalue weighted by Crippen LogP contribution is -2.28. The third-order valence-corrected chi connectivity index (χ3v) is 6.30. The Morgan fingerprint density at radius 1 is 1.18 bits per heavy atom. The van der Waals surface area contributed by atoms with E-state index in [1.165, 1.54) is 0 Å². The van der Waals surface area contributed by atoms with Crippen molar-refractivity contribution in [1.82, 2.24) is 25.1 Å². The number of carbonyl (C=O) groups is 2. The van der Waals surface area contributed by atoms with Gasteiger partial charge < -0.3 is 15.2 Å². The number of fused-ring (bicyclic) bond motifs is 1. The maximum atomic E-state index is 13.2. The molecule has 2 amide bonds. The van der Waals surface area contributed by atoms with Crippen LogP contribution in [0.3, 0.4) is 0 Å². The van der Waals surface area contributed by atoms with Crippen molar-refractivity contribution < 1.29 is 19.4 Å². The first kappa shape index (κ1) is 29.0. The standard InChI is InChI=1S/C29H33ClN6O4/c1-16-9-25(34-28(39)40-29(4,5)6)33-17(2)22(16)13-32-27(38)23-15-36(35-26(23)18(3)37)14-19-7-8-24-20(10-19)11-21(30)12-31-24/h7-12,15,18,37H,13-14H2,1-6H3,(H,32,38)(H,33,34,39). The summed E-state index contributed by atoms with van der Waals surface area (Å²) in [4.78, 5) is 34.1. The van der Waals surface area contributed by atoms with Crippen LogP contribution in [-0.2, 0) is 17.8 Å². The Labute approximate surface area is 237 Å². The van der Waals surface area contributed by atoms with Crippen LogP contribution in [0.25, 0.3) is 10.9 Å². The number of aromatic nitrogens is 4. The van der Waals surface area contributed by atoms with Crippen LogP contribution in [0.4, 0.5) is 10.6 Å².